The largest absolute Gasteiger partial charge is 0.326 e. The Kier molecular flexibility index (Phi) is 7.71. The van der Waals surface area contributed by atoms with Crippen LogP contribution < -0.4 is 20.9 Å². The molecule has 0 saturated carbocycles. The number of anilines is 2. The second-order valence-electron chi connectivity index (χ2n) is 5.89. The number of benzene rings is 2. The van der Waals surface area contributed by atoms with Gasteiger partial charge in [-0.1, -0.05) is 23.7 Å². The van der Waals surface area contributed by atoms with Crippen LogP contribution in [0.1, 0.15) is 19.8 Å². The summed E-state index contributed by atoms with van der Waals surface area (Å²) in [4.78, 5) is 36.5. The number of hydrogen-bond acceptors (Lipinski definition) is 5. The van der Waals surface area contributed by atoms with E-state index in [9.17, 15) is 22.8 Å². The van der Waals surface area contributed by atoms with Gasteiger partial charge in [0, 0.05) is 25.5 Å². The van der Waals surface area contributed by atoms with Crippen molar-refractivity contribution in [1.82, 2.24) is 10.3 Å². The van der Waals surface area contributed by atoms with Crippen LogP contribution >= 0.6 is 11.6 Å². The third-order valence-electron chi connectivity index (χ3n) is 3.54. The fourth-order valence-electron chi connectivity index (χ4n) is 2.17. The van der Waals surface area contributed by atoms with Gasteiger partial charge in [0.2, 0.25) is 17.7 Å². The fraction of sp³-hybridized carbons (Fsp3) is 0.167. The summed E-state index contributed by atoms with van der Waals surface area (Å²) in [6, 6.07) is 12.0. The van der Waals surface area contributed by atoms with E-state index in [1.54, 1.807) is 24.3 Å². The molecule has 2 rings (SSSR count). The van der Waals surface area contributed by atoms with Crippen molar-refractivity contribution in [3.05, 3.63) is 53.6 Å². The molecule has 3 amide bonds. The summed E-state index contributed by atoms with van der Waals surface area (Å²) in [6.07, 6.45) is -0.398. The molecule has 0 bridgehead atoms. The highest BCUT2D eigenvalue weighted by molar-refractivity contribution is 7.89. The molecular weight excluding hydrogens is 420 g/mol. The van der Waals surface area contributed by atoms with E-state index in [1.807, 2.05) is 10.3 Å². The molecule has 11 heteroatoms. The van der Waals surface area contributed by atoms with Gasteiger partial charge in [0.15, 0.2) is 0 Å². The molecule has 0 heterocycles. The average molecular weight is 439 g/mol. The third kappa shape index (κ3) is 7.18. The molecule has 0 radical (unpaired) electrons. The second kappa shape index (κ2) is 10.0. The van der Waals surface area contributed by atoms with E-state index in [1.165, 1.54) is 31.2 Å². The van der Waals surface area contributed by atoms with E-state index in [4.69, 9.17) is 11.6 Å². The van der Waals surface area contributed by atoms with Crippen molar-refractivity contribution in [3.8, 4) is 0 Å². The topological polar surface area (TPSA) is 133 Å². The van der Waals surface area contributed by atoms with Crippen molar-refractivity contribution in [1.29, 1.82) is 0 Å². The van der Waals surface area contributed by atoms with Gasteiger partial charge in [0.05, 0.1) is 15.6 Å². The van der Waals surface area contributed by atoms with Crippen molar-refractivity contribution in [2.75, 3.05) is 10.6 Å². The van der Waals surface area contributed by atoms with Crippen LogP contribution in [0.4, 0.5) is 11.4 Å². The number of amides is 3. The van der Waals surface area contributed by atoms with Crippen LogP contribution in [0.2, 0.25) is 5.02 Å². The van der Waals surface area contributed by atoms with E-state index >= 15 is 0 Å². The normalized spacial score (nSPS) is 10.8. The first-order chi connectivity index (χ1) is 13.7. The number of hydrazine groups is 1. The highest BCUT2D eigenvalue weighted by atomic mass is 35.5. The molecule has 0 aromatic heterocycles. The molecule has 0 fully saturated rings. The average Bonchev–Trinajstić information content (AvgIpc) is 2.66. The Labute approximate surface area is 172 Å². The summed E-state index contributed by atoms with van der Waals surface area (Å²) in [6.45, 7) is 1.33. The number of nitrogens with one attached hydrogen (secondary N) is 4. The Morgan fingerprint density at radius 3 is 2.14 bits per heavy atom. The molecule has 154 valence electrons. The highest BCUT2D eigenvalue weighted by Gasteiger charge is 2.16. The molecule has 0 saturated heterocycles. The summed E-state index contributed by atoms with van der Waals surface area (Å²) in [7, 11) is -4.01. The predicted octanol–water partition coefficient (Wildman–Crippen LogP) is 2.03. The lowest BCUT2D eigenvalue weighted by atomic mass is 10.2. The van der Waals surface area contributed by atoms with E-state index in [2.05, 4.69) is 10.6 Å². The maximum atomic E-state index is 12.2. The van der Waals surface area contributed by atoms with Gasteiger partial charge in [-0.2, -0.15) is 0 Å². The summed E-state index contributed by atoms with van der Waals surface area (Å²) < 4.78 is 24.4. The lowest BCUT2D eigenvalue weighted by Gasteiger charge is -2.10. The van der Waals surface area contributed by atoms with Crippen molar-refractivity contribution < 1.29 is 22.8 Å². The van der Waals surface area contributed by atoms with Crippen LogP contribution in [0.5, 0.6) is 0 Å². The Morgan fingerprint density at radius 1 is 0.897 bits per heavy atom. The molecule has 9 nitrogen and oxygen atoms in total. The number of halogens is 1. The summed E-state index contributed by atoms with van der Waals surface area (Å²) in [5.41, 5.74) is 2.90. The SMILES string of the molecule is CC(=O)Nc1ccc(S(=O)(=O)NNC(=O)CCC(=O)Nc2ccccc2Cl)cc1. The smallest absolute Gasteiger partial charge is 0.257 e. The fourth-order valence-corrected chi connectivity index (χ4v) is 3.21. The second-order valence-corrected chi connectivity index (χ2v) is 7.98. The summed E-state index contributed by atoms with van der Waals surface area (Å²) in [5.74, 6) is -1.41. The van der Waals surface area contributed by atoms with Gasteiger partial charge in [-0.3, -0.25) is 19.8 Å². The van der Waals surface area contributed by atoms with Crippen molar-refractivity contribution in [2.24, 2.45) is 0 Å². The van der Waals surface area contributed by atoms with E-state index in [-0.39, 0.29) is 23.6 Å². The molecule has 0 atom stereocenters. The minimum Gasteiger partial charge on any atom is -0.326 e. The molecular formula is C18H19ClN4O5S. The lowest BCUT2D eigenvalue weighted by Crippen LogP contribution is -2.41. The number of hydrogen-bond donors (Lipinski definition) is 4. The van der Waals surface area contributed by atoms with Crippen LogP contribution in [0, 0.1) is 0 Å². The van der Waals surface area contributed by atoms with Crippen molar-refractivity contribution >= 4 is 50.7 Å². The van der Waals surface area contributed by atoms with Crippen LogP contribution in [-0.2, 0) is 24.4 Å². The van der Waals surface area contributed by atoms with Gasteiger partial charge in [0.25, 0.3) is 10.0 Å². The van der Waals surface area contributed by atoms with Crippen LogP contribution in [0.15, 0.2) is 53.4 Å². The molecule has 0 unspecified atom stereocenters. The van der Waals surface area contributed by atoms with E-state index < -0.39 is 21.8 Å². The van der Waals surface area contributed by atoms with Gasteiger partial charge >= 0.3 is 0 Å². The zero-order valence-corrected chi connectivity index (χ0v) is 16.9. The Balaban J connectivity index is 1.82. The highest BCUT2D eigenvalue weighted by Crippen LogP contribution is 2.20. The maximum absolute atomic E-state index is 12.2. The number of carbonyl (C=O) groups excluding carboxylic acids is 3. The molecule has 0 aliphatic heterocycles. The third-order valence-corrected chi connectivity index (χ3v) is 5.13. The van der Waals surface area contributed by atoms with E-state index in [0.717, 1.165) is 0 Å². The minimum absolute atomic E-state index is 0.108. The molecule has 4 N–H and O–H groups in total. The lowest BCUT2D eigenvalue weighted by molar-refractivity contribution is -0.124. The first kappa shape index (κ1) is 22.3. The number of rotatable bonds is 8. The maximum Gasteiger partial charge on any atom is 0.257 e. The summed E-state index contributed by atoms with van der Waals surface area (Å²) in [5, 5.41) is 5.44. The Bertz CT molecular complexity index is 1010. The Hall–Kier alpha value is -2.95. The molecule has 0 aliphatic rings. The monoisotopic (exact) mass is 438 g/mol. The van der Waals surface area contributed by atoms with Gasteiger partial charge in [-0.15, -0.1) is 4.83 Å². The van der Waals surface area contributed by atoms with Crippen molar-refractivity contribution in [2.45, 2.75) is 24.7 Å². The molecule has 2 aromatic rings. The van der Waals surface area contributed by atoms with Gasteiger partial charge in [-0.25, -0.2) is 8.42 Å². The van der Waals surface area contributed by atoms with Crippen LogP contribution in [-0.4, -0.2) is 26.1 Å². The number of carbonyl (C=O) groups is 3. The molecule has 0 aliphatic carbocycles. The Morgan fingerprint density at radius 2 is 1.52 bits per heavy atom. The van der Waals surface area contributed by atoms with Gasteiger partial charge in [0.1, 0.15) is 0 Å². The molecule has 29 heavy (non-hydrogen) atoms. The number of sulfonamides is 1. The van der Waals surface area contributed by atoms with Gasteiger partial charge in [-0.05, 0) is 36.4 Å². The first-order valence-corrected chi connectivity index (χ1v) is 10.3. The zero-order chi connectivity index (χ0) is 21.4. The quantitative estimate of drug-likeness (QED) is 0.468. The molecule has 0 spiro atoms. The van der Waals surface area contributed by atoms with Crippen molar-refractivity contribution in [3.63, 3.8) is 0 Å². The summed E-state index contributed by atoms with van der Waals surface area (Å²) >= 11 is 5.93. The van der Waals surface area contributed by atoms with Crippen LogP contribution in [0.25, 0.3) is 0 Å². The van der Waals surface area contributed by atoms with Gasteiger partial charge < -0.3 is 10.6 Å². The van der Waals surface area contributed by atoms with E-state index in [0.29, 0.717) is 16.4 Å². The molecule has 2 aromatic carbocycles. The predicted molar refractivity (Wildman–Crippen MR) is 109 cm³/mol. The first-order valence-electron chi connectivity index (χ1n) is 8.40. The minimum atomic E-state index is -4.01. The standard InChI is InChI=1S/C18H19ClN4O5S/c1-12(24)20-13-6-8-14(9-7-13)29(27,28)23-22-18(26)11-10-17(25)21-16-5-3-2-4-15(16)19/h2-9,23H,10-11H2,1H3,(H,20,24)(H,21,25)(H,22,26). The van der Waals surface area contributed by atoms with Crippen LogP contribution in [0.3, 0.4) is 0 Å². The number of para-hydroxylation sites is 1. The zero-order valence-electron chi connectivity index (χ0n) is 15.4.